The monoisotopic (exact) mass is 357 g/mol. The van der Waals surface area contributed by atoms with Gasteiger partial charge in [0.1, 0.15) is 17.2 Å². The second-order valence-electron chi connectivity index (χ2n) is 5.21. The number of carbonyl (C=O) groups excluding carboxylic acids is 2. The van der Waals surface area contributed by atoms with Crippen LogP contribution in [0.3, 0.4) is 0 Å². The summed E-state index contributed by atoms with van der Waals surface area (Å²) in [7, 11) is 2.95. The molecule has 0 aliphatic heterocycles. The number of hydrazone groups is 1. The number of ether oxygens (including phenoxy) is 2. The molecule has 2 aromatic carbocycles. The van der Waals surface area contributed by atoms with E-state index in [9.17, 15) is 14.7 Å². The highest BCUT2D eigenvalue weighted by Gasteiger charge is 2.16. The minimum Gasteiger partial charge on any atom is -0.508 e. The lowest BCUT2D eigenvalue weighted by Crippen LogP contribution is -2.33. The largest absolute Gasteiger partial charge is 0.508 e. The Morgan fingerprint density at radius 1 is 1.00 bits per heavy atom. The van der Waals surface area contributed by atoms with Gasteiger partial charge in [-0.15, -0.1) is 0 Å². The van der Waals surface area contributed by atoms with Crippen molar-refractivity contribution in [3.63, 3.8) is 0 Å². The number of nitrogens with zero attached hydrogens (tertiary/aromatic N) is 1. The van der Waals surface area contributed by atoms with E-state index in [0.717, 1.165) is 0 Å². The molecule has 3 N–H and O–H groups in total. The third-order valence-corrected chi connectivity index (χ3v) is 3.47. The van der Waals surface area contributed by atoms with E-state index in [2.05, 4.69) is 15.8 Å². The van der Waals surface area contributed by atoms with Crippen LogP contribution in [0.2, 0.25) is 0 Å². The van der Waals surface area contributed by atoms with E-state index in [4.69, 9.17) is 9.47 Å². The molecule has 0 heterocycles. The van der Waals surface area contributed by atoms with Gasteiger partial charge < -0.3 is 19.9 Å². The smallest absolute Gasteiger partial charge is 0.329 e. The van der Waals surface area contributed by atoms with Crippen molar-refractivity contribution in [3.05, 3.63) is 48.0 Å². The van der Waals surface area contributed by atoms with Gasteiger partial charge in [0.2, 0.25) is 0 Å². The van der Waals surface area contributed by atoms with Gasteiger partial charge in [-0.3, -0.25) is 9.59 Å². The lowest BCUT2D eigenvalue weighted by Gasteiger charge is -2.11. The van der Waals surface area contributed by atoms with E-state index in [1.165, 1.54) is 26.4 Å². The first-order chi connectivity index (χ1) is 12.4. The summed E-state index contributed by atoms with van der Waals surface area (Å²) in [5, 5.41) is 15.6. The fraction of sp³-hybridized carbons (Fsp3) is 0.167. The Bertz CT molecular complexity index is 831. The summed E-state index contributed by atoms with van der Waals surface area (Å²) >= 11 is 0. The maximum atomic E-state index is 12.0. The molecule has 0 unspecified atom stereocenters. The van der Waals surface area contributed by atoms with Crippen LogP contribution in [0, 0.1) is 0 Å². The number of amides is 2. The molecule has 0 atom stereocenters. The molecule has 0 saturated carbocycles. The Hall–Kier alpha value is -3.55. The first-order valence-corrected chi connectivity index (χ1v) is 7.61. The molecule has 0 spiro atoms. The topological polar surface area (TPSA) is 109 Å². The van der Waals surface area contributed by atoms with Gasteiger partial charge in [0.15, 0.2) is 0 Å². The fourth-order valence-electron chi connectivity index (χ4n) is 2.03. The summed E-state index contributed by atoms with van der Waals surface area (Å²) in [4.78, 5) is 23.9. The van der Waals surface area contributed by atoms with E-state index in [0.29, 0.717) is 28.5 Å². The van der Waals surface area contributed by atoms with Crippen molar-refractivity contribution in [2.24, 2.45) is 5.10 Å². The molecule has 8 nitrogen and oxygen atoms in total. The van der Waals surface area contributed by atoms with E-state index < -0.39 is 11.8 Å². The molecule has 8 heteroatoms. The molecule has 0 saturated heterocycles. The first-order valence-electron chi connectivity index (χ1n) is 7.61. The van der Waals surface area contributed by atoms with Crippen molar-refractivity contribution in [1.82, 2.24) is 5.43 Å². The van der Waals surface area contributed by atoms with Crippen LogP contribution in [0.4, 0.5) is 5.69 Å². The Labute approximate surface area is 150 Å². The van der Waals surface area contributed by atoms with Crippen molar-refractivity contribution in [1.29, 1.82) is 0 Å². The van der Waals surface area contributed by atoms with E-state index in [1.807, 2.05) is 0 Å². The second-order valence-corrected chi connectivity index (χ2v) is 5.21. The van der Waals surface area contributed by atoms with Crippen molar-refractivity contribution in [2.45, 2.75) is 6.92 Å². The Balaban J connectivity index is 2.02. The van der Waals surface area contributed by atoms with Gasteiger partial charge in [-0.1, -0.05) is 0 Å². The molecule has 0 fully saturated rings. The molecule has 136 valence electrons. The van der Waals surface area contributed by atoms with Gasteiger partial charge in [0.25, 0.3) is 0 Å². The molecule has 2 amide bonds. The van der Waals surface area contributed by atoms with Crippen LogP contribution in [0.25, 0.3) is 0 Å². The second kappa shape index (κ2) is 8.52. The zero-order chi connectivity index (χ0) is 19.1. The van der Waals surface area contributed by atoms with Crippen LogP contribution in [0.15, 0.2) is 47.6 Å². The molecular formula is C18H19N3O5. The fourth-order valence-corrected chi connectivity index (χ4v) is 2.03. The highest BCUT2D eigenvalue weighted by Crippen LogP contribution is 2.28. The predicted molar refractivity (Wildman–Crippen MR) is 96.6 cm³/mol. The maximum Gasteiger partial charge on any atom is 0.329 e. The number of rotatable bonds is 5. The van der Waals surface area contributed by atoms with Crippen LogP contribution in [0.1, 0.15) is 12.5 Å². The Morgan fingerprint density at radius 3 is 2.31 bits per heavy atom. The van der Waals surface area contributed by atoms with Gasteiger partial charge in [0.05, 0.1) is 25.6 Å². The molecule has 0 aliphatic carbocycles. The zero-order valence-electron chi connectivity index (χ0n) is 14.6. The summed E-state index contributed by atoms with van der Waals surface area (Å²) < 4.78 is 10.2. The number of carbonyl (C=O) groups is 2. The quantitative estimate of drug-likeness (QED) is 0.430. The van der Waals surface area contributed by atoms with Crippen LogP contribution in [-0.4, -0.2) is 36.9 Å². The van der Waals surface area contributed by atoms with Gasteiger partial charge >= 0.3 is 11.8 Å². The number of hydrogen-bond acceptors (Lipinski definition) is 6. The van der Waals surface area contributed by atoms with Crippen LogP contribution in [-0.2, 0) is 9.59 Å². The average molecular weight is 357 g/mol. The number of nitrogens with one attached hydrogen (secondary N) is 2. The number of methoxy groups -OCH3 is 2. The summed E-state index contributed by atoms with van der Waals surface area (Å²) in [5.74, 6) is -0.789. The standard InChI is InChI=1S/C18H19N3O5/c1-11(12-4-6-13(22)7-5-12)20-21-18(24)17(23)19-15-9-8-14(25-2)10-16(15)26-3/h4-10,22H,1-3H3,(H,19,23)(H,21,24)/b20-11+. The molecule has 26 heavy (non-hydrogen) atoms. The molecule has 2 rings (SSSR count). The molecule has 0 radical (unpaired) electrons. The molecule has 0 aliphatic rings. The minimum atomic E-state index is -0.930. The molecule has 0 bridgehead atoms. The van der Waals surface area contributed by atoms with Crippen LogP contribution in [0.5, 0.6) is 17.2 Å². The van der Waals surface area contributed by atoms with Crippen molar-refractivity contribution in [2.75, 3.05) is 19.5 Å². The highest BCUT2D eigenvalue weighted by atomic mass is 16.5. The lowest BCUT2D eigenvalue weighted by molar-refractivity contribution is -0.136. The van der Waals surface area contributed by atoms with Gasteiger partial charge in [-0.25, -0.2) is 5.43 Å². The summed E-state index contributed by atoms with van der Waals surface area (Å²) in [6.07, 6.45) is 0. The third-order valence-electron chi connectivity index (χ3n) is 3.47. The minimum absolute atomic E-state index is 0.124. The molecular weight excluding hydrogens is 338 g/mol. The Kier molecular flexibility index (Phi) is 6.15. The molecule has 2 aromatic rings. The number of hydrogen-bond donors (Lipinski definition) is 3. The summed E-state index contributed by atoms with van der Waals surface area (Å²) in [6.45, 7) is 1.66. The van der Waals surface area contributed by atoms with Crippen molar-refractivity contribution < 1.29 is 24.2 Å². The van der Waals surface area contributed by atoms with E-state index in [-0.39, 0.29) is 5.75 Å². The zero-order valence-corrected chi connectivity index (χ0v) is 14.6. The van der Waals surface area contributed by atoms with Gasteiger partial charge in [-0.2, -0.15) is 5.10 Å². The van der Waals surface area contributed by atoms with Gasteiger partial charge in [0, 0.05) is 6.07 Å². The number of benzene rings is 2. The highest BCUT2D eigenvalue weighted by molar-refractivity contribution is 6.39. The number of anilines is 1. The number of phenolic OH excluding ortho intramolecular Hbond substituents is 1. The van der Waals surface area contributed by atoms with E-state index in [1.54, 1.807) is 37.3 Å². The maximum absolute atomic E-state index is 12.0. The van der Waals surface area contributed by atoms with Crippen molar-refractivity contribution in [3.8, 4) is 17.2 Å². The first kappa shape index (κ1) is 18.8. The number of aromatic hydroxyl groups is 1. The van der Waals surface area contributed by atoms with E-state index >= 15 is 0 Å². The summed E-state index contributed by atoms with van der Waals surface area (Å²) in [5.41, 5.74) is 3.69. The number of phenols is 1. The van der Waals surface area contributed by atoms with Gasteiger partial charge in [-0.05, 0) is 48.9 Å². The Morgan fingerprint density at radius 2 is 1.69 bits per heavy atom. The predicted octanol–water partition coefficient (Wildman–Crippen LogP) is 1.89. The lowest BCUT2D eigenvalue weighted by atomic mass is 10.1. The summed E-state index contributed by atoms with van der Waals surface area (Å²) in [6, 6.07) is 11.1. The SMILES string of the molecule is COc1ccc(NC(=O)C(=O)N/N=C(\C)c2ccc(O)cc2)c(OC)c1. The molecule has 0 aromatic heterocycles. The van der Waals surface area contributed by atoms with Crippen molar-refractivity contribution >= 4 is 23.2 Å². The normalized spacial score (nSPS) is 10.8. The third kappa shape index (κ3) is 4.73. The van der Waals surface area contributed by atoms with Crippen LogP contribution < -0.4 is 20.2 Å². The van der Waals surface area contributed by atoms with Crippen LogP contribution >= 0.6 is 0 Å². The average Bonchev–Trinajstić information content (AvgIpc) is 2.66.